The minimum atomic E-state index is 0.151. The first-order valence-electron chi connectivity index (χ1n) is 11.5. The Morgan fingerprint density at radius 2 is 1.12 bits per heavy atom. The van der Waals surface area contributed by atoms with Crippen molar-refractivity contribution in [2.45, 2.75) is 33.7 Å². The lowest BCUT2D eigenvalue weighted by Crippen LogP contribution is -2.17. The maximum Gasteiger partial charge on any atom is 0.0774 e. The number of aryl methyl sites for hydroxylation is 4. The maximum atomic E-state index is 3.95. The van der Waals surface area contributed by atoms with Crippen molar-refractivity contribution >= 4 is 48.8 Å². The fourth-order valence-corrected chi connectivity index (χ4v) is 6.43. The normalized spacial score (nSPS) is 15.4. The second kappa shape index (κ2) is 6.01. The highest BCUT2D eigenvalue weighted by atomic mass is 14.9. The van der Waals surface area contributed by atoms with Gasteiger partial charge in [0.15, 0.2) is 0 Å². The number of hydrogen-bond donors (Lipinski definition) is 1. The van der Waals surface area contributed by atoms with Crippen molar-refractivity contribution in [1.82, 2.24) is 0 Å². The molecule has 1 atom stereocenters. The Balaban J connectivity index is 1.83. The number of hydrogen-bond acceptors (Lipinski definition) is 1. The zero-order chi connectivity index (χ0) is 21.7. The average Bonchev–Trinajstić information content (AvgIpc) is 2.79. The molecule has 32 heavy (non-hydrogen) atoms. The van der Waals surface area contributed by atoms with Crippen LogP contribution in [0.3, 0.4) is 0 Å². The van der Waals surface area contributed by atoms with Gasteiger partial charge in [0.1, 0.15) is 0 Å². The zero-order valence-corrected chi connectivity index (χ0v) is 18.9. The summed E-state index contributed by atoms with van der Waals surface area (Å²) in [5.74, 6) is 0. The first-order chi connectivity index (χ1) is 15.5. The molecule has 0 aliphatic carbocycles. The van der Waals surface area contributed by atoms with Crippen LogP contribution >= 0.6 is 0 Å². The molecule has 0 saturated heterocycles. The molecule has 1 heteroatoms. The van der Waals surface area contributed by atoms with Crippen LogP contribution in [0.2, 0.25) is 0 Å². The van der Waals surface area contributed by atoms with Gasteiger partial charge < -0.3 is 5.32 Å². The highest BCUT2D eigenvalue weighted by Crippen LogP contribution is 2.52. The molecule has 0 saturated carbocycles. The maximum absolute atomic E-state index is 3.95. The van der Waals surface area contributed by atoms with Gasteiger partial charge >= 0.3 is 0 Å². The van der Waals surface area contributed by atoms with E-state index in [1.165, 1.54) is 82.2 Å². The Hall–Kier alpha value is -3.58. The first kappa shape index (κ1) is 18.0. The second-order valence-electron chi connectivity index (χ2n) is 9.62. The Bertz CT molecular complexity index is 1720. The van der Waals surface area contributed by atoms with E-state index in [0.717, 1.165) is 0 Å². The summed E-state index contributed by atoms with van der Waals surface area (Å²) in [7, 11) is 0. The Labute approximate surface area is 188 Å². The molecule has 1 aliphatic heterocycles. The number of nitrogens with one attached hydrogen (secondary N) is 1. The Morgan fingerprint density at radius 1 is 0.531 bits per heavy atom. The number of fused-ring (bicyclic) bond motifs is 1. The molecular formula is C31H25N. The van der Waals surface area contributed by atoms with Crippen molar-refractivity contribution in [2.75, 3.05) is 5.32 Å². The van der Waals surface area contributed by atoms with E-state index in [4.69, 9.17) is 0 Å². The third-order valence-electron chi connectivity index (χ3n) is 7.69. The Kier molecular flexibility index (Phi) is 3.39. The van der Waals surface area contributed by atoms with E-state index in [2.05, 4.69) is 99.7 Å². The molecule has 1 nitrogen and oxygen atoms in total. The molecular weight excluding hydrogens is 386 g/mol. The van der Waals surface area contributed by atoms with E-state index in [1.807, 2.05) is 0 Å². The number of benzene rings is 6. The van der Waals surface area contributed by atoms with Gasteiger partial charge in [0.25, 0.3) is 0 Å². The van der Waals surface area contributed by atoms with Crippen LogP contribution in [0.4, 0.5) is 5.69 Å². The van der Waals surface area contributed by atoms with Gasteiger partial charge in [0.05, 0.1) is 6.04 Å². The van der Waals surface area contributed by atoms with E-state index >= 15 is 0 Å². The summed E-state index contributed by atoms with van der Waals surface area (Å²) >= 11 is 0. The third kappa shape index (κ3) is 2.09. The standard InChI is InChI=1S/C31H25N/c1-16-10-12-21-22-13-11-17(2)26-19(4)15-24-30(28(22)26)29-23(14-18(3)25(16)27(21)29)31(32-24)20-8-6-5-7-9-20/h5-15,31-32H,1-4H3. The summed E-state index contributed by atoms with van der Waals surface area (Å²) in [5.41, 5.74) is 9.41. The predicted octanol–water partition coefficient (Wildman–Crippen LogP) is 8.49. The molecule has 0 aromatic heterocycles. The van der Waals surface area contributed by atoms with Crippen molar-refractivity contribution < 1.29 is 0 Å². The van der Waals surface area contributed by atoms with E-state index in [0.29, 0.717) is 0 Å². The van der Waals surface area contributed by atoms with Crippen LogP contribution in [0.1, 0.15) is 39.4 Å². The summed E-state index contributed by atoms with van der Waals surface area (Å²) in [5, 5.41) is 15.2. The fraction of sp³-hybridized carbons (Fsp3) is 0.161. The molecule has 0 fully saturated rings. The number of anilines is 1. The number of rotatable bonds is 1. The molecule has 0 amide bonds. The molecule has 1 heterocycles. The zero-order valence-electron chi connectivity index (χ0n) is 18.9. The largest absolute Gasteiger partial charge is 0.374 e. The van der Waals surface area contributed by atoms with E-state index in [-0.39, 0.29) is 6.04 Å². The highest BCUT2D eigenvalue weighted by Gasteiger charge is 2.29. The minimum absolute atomic E-state index is 0.151. The van der Waals surface area contributed by atoms with Gasteiger partial charge in [0, 0.05) is 11.1 Å². The molecule has 154 valence electrons. The molecule has 1 N–H and O–H groups in total. The summed E-state index contributed by atoms with van der Waals surface area (Å²) < 4.78 is 0. The SMILES string of the molecule is Cc1ccc2c3ccc(C)c4c(C)cc5c(c6c(cc(C)c1c26)NC5c1ccccc1)c43. The molecule has 6 aromatic rings. The summed E-state index contributed by atoms with van der Waals surface area (Å²) in [6.07, 6.45) is 0. The van der Waals surface area contributed by atoms with E-state index in [9.17, 15) is 0 Å². The average molecular weight is 412 g/mol. The highest BCUT2D eigenvalue weighted by molar-refractivity contribution is 6.37. The fourth-order valence-electron chi connectivity index (χ4n) is 6.43. The summed E-state index contributed by atoms with van der Waals surface area (Å²) in [6, 6.07) is 25.2. The van der Waals surface area contributed by atoms with Crippen LogP contribution in [0.15, 0.2) is 66.7 Å². The van der Waals surface area contributed by atoms with Crippen LogP contribution in [-0.2, 0) is 0 Å². The molecule has 1 unspecified atom stereocenters. The van der Waals surface area contributed by atoms with Gasteiger partial charge in [-0.2, -0.15) is 0 Å². The summed E-state index contributed by atoms with van der Waals surface area (Å²) in [4.78, 5) is 0. The molecule has 0 radical (unpaired) electrons. The van der Waals surface area contributed by atoms with Gasteiger partial charge in [-0.15, -0.1) is 0 Å². The van der Waals surface area contributed by atoms with Crippen LogP contribution in [0.25, 0.3) is 43.1 Å². The monoisotopic (exact) mass is 411 g/mol. The van der Waals surface area contributed by atoms with Crippen molar-refractivity contribution in [1.29, 1.82) is 0 Å². The third-order valence-corrected chi connectivity index (χ3v) is 7.69. The van der Waals surface area contributed by atoms with E-state index in [1.54, 1.807) is 0 Å². The second-order valence-corrected chi connectivity index (χ2v) is 9.62. The molecule has 0 bridgehead atoms. The van der Waals surface area contributed by atoms with Crippen molar-refractivity contribution in [3.8, 4) is 0 Å². The molecule has 0 spiro atoms. The van der Waals surface area contributed by atoms with Gasteiger partial charge in [-0.05, 0) is 105 Å². The summed E-state index contributed by atoms with van der Waals surface area (Å²) in [6.45, 7) is 9.04. The molecule has 7 rings (SSSR count). The molecule has 6 aromatic carbocycles. The molecule has 1 aliphatic rings. The van der Waals surface area contributed by atoms with Gasteiger partial charge in [-0.3, -0.25) is 0 Å². The Morgan fingerprint density at radius 3 is 1.78 bits per heavy atom. The van der Waals surface area contributed by atoms with Crippen LogP contribution < -0.4 is 5.32 Å². The van der Waals surface area contributed by atoms with Crippen LogP contribution in [-0.4, -0.2) is 0 Å². The lowest BCUT2D eigenvalue weighted by Gasteiger charge is -2.32. The van der Waals surface area contributed by atoms with Gasteiger partial charge in [0.2, 0.25) is 0 Å². The van der Waals surface area contributed by atoms with Gasteiger partial charge in [-0.25, -0.2) is 0 Å². The quantitative estimate of drug-likeness (QED) is 0.211. The van der Waals surface area contributed by atoms with E-state index < -0.39 is 0 Å². The first-order valence-corrected chi connectivity index (χ1v) is 11.5. The smallest absolute Gasteiger partial charge is 0.0774 e. The minimum Gasteiger partial charge on any atom is -0.374 e. The lowest BCUT2D eigenvalue weighted by molar-refractivity contribution is 0.945. The van der Waals surface area contributed by atoms with Gasteiger partial charge in [-0.1, -0.05) is 60.7 Å². The topological polar surface area (TPSA) is 12.0 Å². The van der Waals surface area contributed by atoms with Crippen molar-refractivity contribution in [2.24, 2.45) is 0 Å². The lowest BCUT2D eigenvalue weighted by atomic mass is 9.79. The van der Waals surface area contributed by atoms with Crippen molar-refractivity contribution in [3.05, 3.63) is 100 Å². The predicted molar refractivity (Wildman–Crippen MR) is 139 cm³/mol. The van der Waals surface area contributed by atoms with Crippen LogP contribution in [0.5, 0.6) is 0 Å². The van der Waals surface area contributed by atoms with Crippen LogP contribution in [0, 0.1) is 27.7 Å². The van der Waals surface area contributed by atoms with Crippen molar-refractivity contribution in [3.63, 3.8) is 0 Å².